The van der Waals surface area contributed by atoms with Crippen LogP contribution in [0.3, 0.4) is 0 Å². The molecule has 3 aromatic rings. The Kier molecular flexibility index (Phi) is 5.59. The van der Waals surface area contributed by atoms with Gasteiger partial charge in [-0.15, -0.1) is 0 Å². The summed E-state index contributed by atoms with van der Waals surface area (Å²) in [6.07, 6.45) is 0. The lowest BCUT2D eigenvalue weighted by molar-refractivity contribution is -0.114. The van der Waals surface area contributed by atoms with Gasteiger partial charge in [-0.2, -0.15) is 5.10 Å². The van der Waals surface area contributed by atoms with Gasteiger partial charge in [-0.25, -0.2) is 4.68 Å². The number of aromatic nitrogens is 2. The Balaban J connectivity index is 1.88. The van der Waals surface area contributed by atoms with Gasteiger partial charge in [-0.05, 0) is 50.6 Å². The molecule has 7 nitrogen and oxygen atoms in total. The van der Waals surface area contributed by atoms with E-state index in [-0.39, 0.29) is 11.5 Å². The van der Waals surface area contributed by atoms with Crippen molar-refractivity contribution in [2.24, 2.45) is 0 Å². The van der Waals surface area contributed by atoms with Gasteiger partial charge in [0.1, 0.15) is 0 Å². The highest BCUT2D eigenvalue weighted by atomic mass is 16.2. The molecular weight excluding hydrogens is 368 g/mol. The van der Waals surface area contributed by atoms with E-state index in [1.807, 2.05) is 30.3 Å². The minimum absolute atomic E-state index is 0.216. The van der Waals surface area contributed by atoms with Crippen molar-refractivity contribution < 1.29 is 14.4 Å². The Morgan fingerprint density at radius 1 is 0.862 bits per heavy atom. The second-order valence-electron chi connectivity index (χ2n) is 6.74. The largest absolute Gasteiger partial charge is 0.326 e. The van der Waals surface area contributed by atoms with Crippen LogP contribution in [0.1, 0.15) is 34.2 Å². The van der Waals surface area contributed by atoms with Crippen LogP contribution in [0.25, 0.3) is 5.69 Å². The first-order valence-corrected chi connectivity index (χ1v) is 9.14. The molecule has 0 aliphatic heterocycles. The number of amides is 2. The summed E-state index contributed by atoms with van der Waals surface area (Å²) in [4.78, 5) is 36.9. The fraction of sp³-hybridized carbons (Fsp3) is 0.182. The van der Waals surface area contributed by atoms with Gasteiger partial charge in [0.2, 0.25) is 5.91 Å². The molecule has 0 saturated heterocycles. The molecule has 0 radical (unpaired) electrons. The highest BCUT2D eigenvalue weighted by Gasteiger charge is 2.25. The average Bonchev–Trinajstić information content (AvgIpc) is 2.99. The first kappa shape index (κ1) is 20.0. The molecule has 0 spiro atoms. The van der Waals surface area contributed by atoms with Crippen molar-refractivity contribution in [3.63, 3.8) is 0 Å². The van der Waals surface area contributed by atoms with Gasteiger partial charge in [0.25, 0.3) is 11.7 Å². The van der Waals surface area contributed by atoms with E-state index in [2.05, 4.69) is 15.7 Å². The van der Waals surface area contributed by atoms with Gasteiger partial charge < -0.3 is 10.6 Å². The van der Waals surface area contributed by atoms with Crippen molar-refractivity contribution in [1.82, 2.24) is 9.78 Å². The van der Waals surface area contributed by atoms with Crippen LogP contribution in [0.15, 0.2) is 48.5 Å². The van der Waals surface area contributed by atoms with Crippen LogP contribution < -0.4 is 10.6 Å². The summed E-state index contributed by atoms with van der Waals surface area (Å²) in [6, 6.07) is 14.5. The molecule has 1 heterocycles. The van der Waals surface area contributed by atoms with Crippen LogP contribution in [0.2, 0.25) is 0 Å². The Morgan fingerprint density at radius 3 is 2.10 bits per heavy atom. The third-order valence-corrected chi connectivity index (χ3v) is 4.62. The fourth-order valence-electron chi connectivity index (χ4n) is 3.18. The molecule has 3 rings (SSSR count). The number of ketones is 1. The van der Waals surface area contributed by atoms with E-state index >= 15 is 0 Å². The number of benzene rings is 2. The average molecular weight is 390 g/mol. The third-order valence-electron chi connectivity index (χ3n) is 4.62. The maximum atomic E-state index is 12.9. The van der Waals surface area contributed by atoms with Crippen molar-refractivity contribution in [3.05, 3.63) is 71.0 Å². The number of rotatable bonds is 5. The zero-order valence-electron chi connectivity index (χ0n) is 16.7. The molecule has 2 aromatic carbocycles. The zero-order chi connectivity index (χ0) is 21.1. The lowest BCUT2D eigenvalue weighted by Gasteiger charge is -2.12. The van der Waals surface area contributed by atoms with Crippen molar-refractivity contribution >= 4 is 29.0 Å². The van der Waals surface area contributed by atoms with Crippen molar-refractivity contribution in [1.29, 1.82) is 0 Å². The molecule has 2 amide bonds. The van der Waals surface area contributed by atoms with Crippen LogP contribution in [0.5, 0.6) is 0 Å². The number of hydrogen-bond donors (Lipinski definition) is 2. The number of nitrogens with zero attached hydrogens (tertiary/aromatic N) is 2. The number of anilines is 2. The number of aryl methyl sites for hydroxylation is 1. The molecule has 0 fully saturated rings. The lowest BCUT2D eigenvalue weighted by Crippen LogP contribution is -2.24. The minimum atomic E-state index is -0.758. The van der Waals surface area contributed by atoms with Crippen LogP contribution in [0, 0.1) is 20.8 Å². The number of hydrogen-bond acceptors (Lipinski definition) is 4. The molecule has 0 atom stereocenters. The molecule has 0 aliphatic carbocycles. The molecular formula is C22H22N4O3. The van der Waals surface area contributed by atoms with Crippen LogP contribution in [0.4, 0.5) is 11.4 Å². The molecule has 29 heavy (non-hydrogen) atoms. The van der Waals surface area contributed by atoms with Crippen LogP contribution >= 0.6 is 0 Å². The van der Waals surface area contributed by atoms with Gasteiger partial charge >= 0.3 is 0 Å². The van der Waals surface area contributed by atoms with Gasteiger partial charge in [0, 0.05) is 18.3 Å². The molecule has 148 valence electrons. The topological polar surface area (TPSA) is 93.1 Å². The quantitative estimate of drug-likeness (QED) is 0.514. The highest BCUT2D eigenvalue weighted by Crippen LogP contribution is 2.24. The Labute approximate surface area is 168 Å². The fourth-order valence-corrected chi connectivity index (χ4v) is 3.18. The summed E-state index contributed by atoms with van der Waals surface area (Å²) in [5.41, 5.74) is 3.87. The zero-order valence-corrected chi connectivity index (χ0v) is 16.7. The van der Waals surface area contributed by atoms with Gasteiger partial charge in [0.05, 0.1) is 22.6 Å². The van der Waals surface area contributed by atoms with Crippen molar-refractivity contribution in [3.8, 4) is 5.69 Å². The Bertz CT molecular complexity index is 1100. The molecule has 0 saturated carbocycles. The second kappa shape index (κ2) is 8.10. The van der Waals surface area contributed by atoms with E-state index in [1.165, 1.54) is 6.92 Å². The maximum Gasteiger partial charge on any atom is 0.296 e. The first-order valence-electron chi connectivity index (χ1n) is 9.14. The van der Waals surface area contributed by atoms with E-state index in [0.29, 0.717) is 28.3 Å². The Morgan fingerprint density at radius 2 is 1.48 bits per heavy atom. The molecule has 7 heteroatoms. The monoisotopic (exact) mass is 390 g/mol. The summed E-state index contributed by atoms with van der Waals surface area (Å²) in [5, 5.41) is 9.77. The summed E-state index contributed by atoms with van der Waals surface area (Å²) >= 11 is 0. The van der Waals surface area contributed by atoms with E-state index < -0.39 is 11.7 Å². The number of carbonyl (C=O) groups excluding carboxylic acids is 3. The summed E-state index contributed by atoms with van der Waals surface area (Å²) < 4.78 is 1.65. The van der Waals surface area contributed by atoms with E-state index in [9.17, 15) is 14.4 Å². The van der Waals surface area contributed by atoms with Gasteiger partial charge in [-0.3, -0.25) is 14.4 Å². The van der Waals surface area contributed by atoms with E-state index in [1.54, 1.807) is 43.7 Å². The summed E-state index contributed by atoms with van der Waals surface area (Å²) in [5.74, 6) is -1.63. The summed E-state index contributed by atoms with van der Waals surface area (Å²) in [6.45, 7) is 6.63. The number of Topliss-reactive ketones (excluding diaryl/α,β-unsaturated/α-hetero) is 1. The molecule has 1 aromatic heterocycles. The normalized spacial score (nSPS) is 10.5. The summed E-state index contributed by atoms with van der Waals surface area (Å²) in [7, 11) is 0. The third kappa shape index (κ3) is 4.08. The SMILES string of the molecule is CC(=O)Nc1cccc(NC(=O)C(=O)c2c(C)nn(-c3ccccc3)c2C)c1C. The minimum Gasteiger partial charge on any atom is -0.326 e. The first-order chi connectivity index (χ1) is 13.8. The van der Waals surface area contributed by atoms with Gasteiger partial charge in [0.15, 0.2) is 0 Å². The predicted molar refractivity (Wildman–Crippen MR) is 111 cm³/mol. The molecule has 0 bridgehead atoms. The number of para-hydroxylation sites is 1. The number of carbonyl (C=O) groups is 3. The smallest absolute Gasteiger partial charge is 0.296 e. The number of nitrogens with one attached hydrogen (secondary N) is 2. The standard InChI is InChI=1S/C22H22N4O3/c1-13-18(23-16(4)27)11-8-12-19(13)24-22(29)21(28)20-14(2)25-26(15(20)3)17-9-6-5-7-10-17/h5-12H,1-4H3,(H,23,27)(H,24,29). The molecule has 0 unspecified atom stereocenters. The Hall–Kier alpha value is -3.74. The van der Waals surface area contributed by atoms with Gasteiger partial charge in [-0.1, -0.05) is 24.3 Å². The van der Waals surface area contributed by atoms with E-state index in [4.69, 9.17) is 0 Å². The second-order valence-corrected chi connectivity index (χ2v) is 6.74. The maximum absolute atomic E-state index is 12.9. The van der Waals surface area contributed by atoms with Crippen molar-refractivity contribution in [2.75, 3.05) is 10.6 Å². The molecule has 0 aliphatic rings. The van der Waals surface area contributed by atoms with Crippen LogP contribution in [-0.2, 0) is 9.59 Å². The van der Waals surface area contributed by atoms with Crippen molar-refractivity contribution in [2.45, 2.75) is 27.7 Å². The predicted octanol–water partition coefficient (Wildman–Crippen LogP) is 3.58. The molecule has 2 N–H and O–H groups in total. The van der Waals surface area contributed by atoms with Crippen LogP contribution in [-0.4, -0.2) is 27.4 Å². The lowest BCUT2D eigenvalue weighted by atomic mass is 10.1. The van der Waals surface area contributed by atoms with E-state index in [0.717, 1.165) is 5.69 Å². The highest BCUT2D eigenvalue weighted by molar-refractivity contribution is 6.47.